The highest BCUT2D eigenvalue weighted by atomic mass is 127. The Kier molecular flexibility index (Phi) is 6.87. The zero-order chi connectivity index (χ0) is 11.3. The Balaban J connectivity index is 0.00000225. The number of nitrogens with zero attached hydrogens (tertiary/aromatic N) is 1. The second kappa shape index (κ2) is 7.04. The molecule has 16 heavy (non-hydrogen) atoms. The number of hydrogen-bond acceptors (Lipinski definition) is 4. The van der Waals surface area contributed by atoms with Crippen molar-refractivity contribution in [3.8, 4) is 0 Å². The van der Waals surface area contributed by atoms with Crippen molar-refractivity contribution >= 4 is 51.3 Å². The largest absolute Gasteiger partial charge is 0.370 e. The molecule has 0 aliphatic rings. The van der Waals surface area contributed by atoms with E-state index in [9.17, 15) is 8.42 Å². The summed E-state index contributed by atoms with van der Waals surface area (Å²) in [5, 5.41) is 1.70. The van der Waals surface area contributed by atoms with E-state index < -0.39 is 10.0 Å². The van der Waals surface area contributed by atoms with Crippen LogP contribution < -0.4 is 16.2 Å². The highest BCUT2D eigenvalue weighted by molar-refractivity contribution is 14.0. The van der Waals surface area contributed by atoms with E-state index in [1.807, 2.05) is 0 Å². The predicted octanol–water partition coefficient (Wildman–Crippen LogP) is -0.0822. The van der Waals surface area contributed by atoms with Gasteiger partial charge >= 0.3 is 0 Å². The number of rotatable bonds is 5. The van der Waals surface area contributed by atoms with Gasteiger partial charge in [0.1, 0.15) is 4.21 Å². The molecule has 9 heteroatoms. The van der Waals surface area contributed by atoms with Gasteiger partial charge in [-0.05, 0) is 11.4 Å². The Morgan fingerprint density at radius 3 is 2.69 bits per heavy atom. The van der Waals surface area contributed by atoms with Gasteiger partial charge in [0.2, 0.25) is 10.0 Å². The summed E-state index contributed by atoms with van der Waals surface area (Å²) in [5.41, 5.74) is 10.2. The van der Waals surface area contributed by atoms with Crippen molar-refractivity contribution in [3.63, 3.8) is 0 Å². The van der Waals surface area contributed by atoms with E-state index in [0.29, 0.717) is 0 Å². The quantitative estimate of drug-likeness (QED) is 0.289. The van der Waals surface area contributed by atoms with Crippen LogP contribution in [0.4, 0.5) is 0 Å². The number of nitrogens with two attached hydrogens (primary N) is 2. The van der Waals surface area contributed by atoms with Gasteiger partial charge in [0.25, 0.3) is 0 Å². The lowest BCUT2D eigenvalue weighted by Gasteiger charge is -2.02. The molecule has 1 rings (SSSR count). The second-order valence-corrected chi connectivity index (χ2v) is 5.58. The van der Waals surface area contributed by atoms with Crippen molar-refractivity contribution in [1.82, 2.24) is 4.72 Å². The summed E-state index contributed by atoms with van der Waals surface area (Å²) in [6.07, 6.45) is 0. The molecule has 0 saturated carbocycles. The lowest BCUT2D eigenvalue weighted by Crippen LogP contribution is -2.28. The third kappa shape index (κ3) is 5.09. The van der Waals surface area contributed by atoms with Gasteiger partial charge in [0.05, 0.1) is 6.54 Å². The molecular formula is C7H13IN4O2S2. The third-order valence-corrected chi connectivity index (χ3v) is 4.32. The lowest BCUT2D eigenvalue weighted by molar-refractivity contribution is 0.584. The van der Waals surface area contributed by atoms with Gasteiger partial charge in [0.15, 0.2) is 5.96 Å². The van der Waals surface area contributed by atoms with Crippen LogP contribution in [0, 0.1) is 0 Å². The Labute approximate surface area is 115 Å². The van der Waals surface area contributed by atoms with Crippen LogP contribution in [0.1, 0.15) is 0 Å². The van der Waals surface area contributed by atoms with Gasteiger partial charge in [-0.25, -0.2) is 13.1 Å². The molecule has 0 aromatic carbocycles. The molecular weight excluding hydrogens is 363 g/mol. The number of sulfonamides is 1. The van der Waals surface area contributed by atoms with Crippen LogP contribution in [0.15, 0.2) is 26.7 Å². The van der Waals surface area contributed by atoms with Crippen LogP contribution in [0.5, 0.6) is 0 Å². The van der Waals surface area contributed by atoms with Crippen LogP contribution in [-0.2, 0) is 10.0 Å². The summed E-state index contributed by atoms with van der Waals surface area (Å²) in [6.45, 7) is 0.408. The molecule has 0 spiro atoms. The zero-order valence-electron chi connectivity index (χ0n) is 8.29. The lowest BCUT2D eigenvalue weighted by atomic mass is 10.7. The van der Waals surface area contributed by atoms with Crippen LogP contribution in [0.2, 0.25) is 0 Å². The number of guanidine groups is 1. The third-order valence-electron chi connectivity index (χ3n) is 1.46. The molecule has 0 saturated heterocycles. The minimum Gasteiger partial charge on any atom is -0.370 e. The topological polar surface area (TPSA) is 111 Å². The molecule has 1 aromatic rings. The van der Waals surface area contributed by atoms with Gasteiger partial charge in [0, 0.05) is 6.54 Å². The standard InChI is InChI=1S/C7H12N4O2S2.HI/c8-7(9)10-3-4-11-15(12,13)6-2-1-5-14-6;/h1-2,5,11H,3-4H2,(H4,8,9,10);1H. The van der Waals surface area contributed by atoms with E-state index in [0.717, 1.165) is 11.3 Å². The average molecular weight is 376 g/mol. The van der Waals surface area contributed by atoms with E-state index in [4.69, 9.17) is 11.5 Å². The molecule has 92 valence electrons. The van der Waals surface area contributed by atoms with E-state index >= 15 is 0 Å². The molecule has 5 N–H and O–H groups in total. The number of hydrogen-bond donors (Lipinski definition) is 3. The van der Waals surface area contributed by atoms with E-state index in [1.165, 1.54) is 6.07 Å². The van der Waals surface area contributed by atoms with Crippen molar-refractivity contribution in [2.24, 2.45) is 16.5 Å². The fraction of sp³-hybridized carbons (Fsp3) is 0.286. The first kappa shape index (κ1) is 15.6. The summed E-state index contributed by atoms with van der Waals surface area (Å²) in [6, 6.07) is 3.21. The minimum absolute atomic E-state index is 0. The maximum Gasteiger partial charge on any atom is 0.250 e. The summed E-state index contributed by atoms with van der Waals surface area (Å²) >= 11 is 1.16. The maximum atomic E-state index is 11.5. The number of thiophene rings is 1. The van der Waals surface area contributed by atoms with Crippen LogP contribution in [0.25, 0.3) is 0 Å². The van der Waals surface area contributed by atoms with Crippen molar-refractivity contribution in [2.45, 2.75) is 4.21 Å². The van der Waals surface area contributed by atoms with Gasteiger partial charge in [-0.1, -0.05) is 6.07 Å². The molecule has 1 heterocycles. The van der Waals surface area contributed by atoms with Gasteiger partial charge in [-0.2, -0.15) is 0 Å². The average Bonchev–Trinajstić information content (AvgIpc) is 2.65. The molecule has 0 radical (unpaired) electrons. The van der Waals surface area contributed by atoms with Crippen molar-refractivity contribution < 1.29 is 8.42 Å². The molecule has 0 atom stereocenters. The molecule has 6 nitrogen and oxygen atoms in total. The molecule has 0 bridgehead atoms. The fourth-order valence-corrected chi connectivity index (χ4v) is 2.91. The number of nitrogens with one attached hydrogen (secondary N) is 1. The normalized spacial score (nSPS) is 10.5. The first-order valence-electron chi connectivity index (χ1n) is 4.11. The summed E-state index contributed by atoms with van der Waals surface area (Å²) in [4.78, 5) is 3.66. The van der Waals surface area contributed by atoms with Crippen molar-refractivity contribution in [1.29, 1.82) is 0 Å². The molecule has 0 aliphatic heterocycles. The zero-order valence-corrected chi connectivity index (χ0v) is 12.3. The highest BCUT2D eigenvalue weighted by Gasteiger charge is 2.13. The van der Waals surface area contributed by atoms with Crippen molar-refractivity contribution in [2.75, 3.05) is 13.1 Å². The van der Waals surface area contributed by atoms with Crippen molar-refractivity contribution in [3.05, 3.63) is 17.5 Å². The fourth-order valence-electron chi connectivity index (χ4n) is 0.853. The van der Waals surface area contributed by atoms with Gasteiger partial charge in [-0.15, -0.1) is 35.3 Å². The molecule has 0 fully saturated rings. The van der Waals surface area contributed by atoms with E-state index in [-0.39, 0.29) is 47.2 Å². The second-order valence-electron chi connectivity index (χ2n) is 2.64. The molecule has 1 aromatic heterocycles. The minimum atomic E-state index is -3.40. The maximum absolute atomic E-state index is 11.5. The monoisotopic (exact) mass is 376 g/mol. The van der Waals surface area contributed by atoms with E-state index in [1.54, 1.807) is 11.4 Å². The predicted molar refractivity (Wildman–Crippen MR) is 75.6 cm³/mol. The molecule has 0 aliphatic carbocycles. The Hall–Kier alpha value is -0.390. The summed E-state index contributed by atoms with van der Waals surface area (Å²) < 4.78 is 25.7. The smallest absolute Gasteiger partial charge is 0.250 e. The Morgan fingerprint density at radius 2 is 2.19 bits per heavy atom. The van der Waals surface area contributed by atoms with Crippen LogP contribution in [-0.4, -0.2) is 27.5 Å². The van der Waals surface area contributed by atoms with Gasteiger partial charge < -0.3 is 11.5 Å². The first-order valence-corrected chi connectivity index (χ1v) is 6.47. The Bertz CT molecular complexity index is 425. The summed E-state index contributed by atoms with van der Waals surface area (Å²) in [5.74, 6) is -0.0506. The SMILES string of the molecule is I.NC(N)=NCCNS(=O)(=O)c1cccs1. The molecule has 0 amide bonds. The van der Waals surface area contributed by atoms with E-state index in [2.05, 4.69) is 9.71 Å². The van der Waals surface area contributed by atoms with Gasteiger partial charge in [-0.3, -0.25) is 4.99 Å². The highest BCUT2D eigenvalue weighted by Crippen LogP contribution is 2.14. The number of halogens is 1. The van der Waals surface area contributed by atoms with Crippen LogP contribution in [0.3, 0.4) is 0 Å². The van der Waals surface area contributed by atoms with Crippen LogP contribution >= 0.6 is 35.3 Å². The number of aliphatic imine (C=N–C) groups is 1. The Morgan fingerprint density at radius 1 is 1.50 bits per heavy atom. The first-order chi connectivity index (χ1) is 7.02. The summed E-state index contributed by atoms with van der Waals surface area (Å²) in [7, 11) is -3.40. The molecule has 0 unspecified atom stereocenters.